The zero-order chi connectivity index (χ0) is 22.1. The van der Waals surface area contributed by atoms with Crippen LogP contribution in [-0.4, -0.2) is 50.3 Å². The van der Waals surface area contributed by atoms with E-state index in [2.05, 4.69) is 78.8 Å². The predicted molar refractivity (Wildman–Crippen MR) is 127 cm³/mol. The Morgan fingerprint density at radius 2 is 2.03 bits per heavy atom. The first-order valence-electron chi connectivity index (χ1n) is 11.1. The monoisotopic (exact) mass is 424 g/mol. The molecule has 1 heterocycles. The van der Waals surface area contributed by atoms with Crippen molar-refractivity contribution in [2.24, 2.45) is 4.99 Å². The summed E-state index contributed by atoms with van der Waals surface area (Å²) in [5, 5.41) is 6.76. The first-order valence-corrected chi connectivity index (χ1v) is 11.1. The molecule has 3 rings (SSSR count). The molecule has 0 aromatic heterocycles. The van der Waals surface area contributed by atoms with Crippen LogP contribution in [0.1, 0.15) is 36.1 Å². The number of ether oxygens (including phenoxy) is 2. The Hall–Kier alpha value is -2.57. The molecule has 1 aliphatic heterocycles. The molecule has 31 heavy (non-hydrogen) atoms. The van der Waals surface area contributed by atoms with Crippen LogP contribution in [0.4, 0.5) is 0 Å². The Bertz CT molecular complexity index is 868. The number of benzene rings is 2. The number of methoxy groups -OCH3 is 1. The van der Waals surface area contributed by atoms with E-state index < -0.39 is 0 Å². The van der Waals surface area contributed by atoms with Gasteiger partial charge in [0.1, 0.15) is 5.75 Å². The number of hydrogen-bond acceptors (Lipinski definition) is 4. The third-order valence-electron chi connectivity index (χ3n) is 5.38. The van der Waals surface area contributed by atoms with Crippen molar-refractivity contribution in [3.05, 3.63) is 64.7 Å². The molecule has 1 atom stereocenters. The van der Waals surface area contributed by atoms with Crippen LogP contribution in [0.15, 0.2) is 47.5 Å². The van der Waals surface area contributed by atoms with Crippen LogP contribution in [0.3, 0.4) is 0 Å². The second-order valence-electron chi connectivity index (χ2n) is 8.10. The molecule has 0 amide bonds. The van der Waals surface area contributed by atoms with Crippen molar-refractivity contribution in [1.29, 1.82) is 0 Å². The molecule has 0 bridgehead atoms. The van der Waals surface area contributed by atoms with Gasteiger partial charge in [-0.3, -0.25) is 4.90 Å². The fourth-order valence-corrected chi connectivity index (χ4v) is 3.81. The van der Waals surface area contributed by atoms with Gasteiger partial charge in [-0.15, -0.1) is 0 Å². The van der Waals surface area contributed by atoms with Crippen molar-refractivity contribution in [1.82, 2.24) is 15.5 Å². The Morgan fingerprint density at radius 1 is 1.19 bits per heavy atom. The van der Waals surface area contributed by atoms with Gasteiger partial charge in [0.15, 0.2) is 5.96 Å². The summed E-state index contributed by atoms with van der Waals surface area (Å²) >= 11 is 0. The fraction of sp³-hybridized carbons (Fsp3) is 0.480. The summed E-state index contributed by atoms with van der Waals surface area (Å²) in [5.74, 6) is 1.70. The third kappa shape index (κ3) is 7.26. The maximum absolute atomic E-state index is 5.65. The molecule has 1 fully saturated rings. The summed E-state index contributed by atoms with van der Waals surface area (Å²) in [4.78, 5) is 7.25. The van der Waals surface area contributed by atoms with Gasteiger partial charge in [-0.25, -0.2) is 4.99 Å². The van der Waals surface area contributed by atoms with E-state index >= 15 is 0 Å². The molecule has 1 unspecified atom stereocenters. The highest BCUT2D eigenvalue weighted by Gasteiger charge is 2.16. The molecule has 168 valence electrons. The fourth-order valence-electron chi connectivity index (χ4n) is 3.81. The van der Waals surface area contributed by atoms with Crippen molar-refractivity contribution in [2.45, 2.75) is 46.5 Å². The summed E-state index contributed by atoms with van der Waals surface area (Å²) in [7, 11) is 1.71. The minimum atomic E-state index is 0.308. The molecular weight excluding hydrogens is 388 g/mol. The third-order valence-corrected chi connectivity index (χ3v) is 5.38. The van der Waals surface area contributed by atoms with E-state index in [0.29, 0.717) is 19.2 Å². The van der Waals surface area contributed by atoms with Gasteiger partial charge in [-0.2, -0.15) is 0 Å². The molecule has 0 aliphatic carbocycles. The number of rotatable bonds is 8. The minimum absolute atomic E-state index is 0.308. The molecule has 0 spiro atoms. The molecule has 2 aromatic rings. The van der Waals surface area contributed by atoms with Crippen LogP contribution in [-0.2, 0) is 24.4 Å². The number of aryl methyl sites for hydroxylation is 1. The van der Waals surface area contributed by atoms with Crippen LogP contribution in [0.2, 0.25) is 0 Å². The molecule has 0 radical (unpaired) electrons. The molecule has 2 N–H and O–H groups in total. The summed E-state index contributed by atoms with van der Waals surface area (Å²) in [6.45, 7) is 12.1. The Balaban J connectivity index is 1.61. The molecule has 1 aliphatic rings. The Labute approximate surface area is 186 Å². The first kappa shape index (κ1) is 23.1. The molecule has 6 heteroatoms. The topological polar surface area (TPSA) is 58.1 Å². The van der Waals surface area contributed by atoms with E-state index in [9.17, 15) is 0 Å². The van der Waals surface area contributed by atoms with Gasteiger partial charge >= 0.3 is 0 Å². The van der Waals surface area contributed by atoms with Crippen LogP contribution < -0.4 is 15.4 Å². The van der Waals surface area contributed by atoms with Crippen LogP contribution in [0.25, 0.3) is 0 Å². The van der Waals surface area contributed by atoms with Gasteiger partial charge in [0.25, 0.3) is 0 Å². The van der Waals surface area contributed by atoms with Gasteiger partial charge < -0.3 is 20.1 Å². The van der Waals surface area contributed by atoms with Crippen molar-refractivity contribution in [3.63, 3.8) is 0 Å². The normalized spacial score (nSPS) is 17.4. The highest BCUT2D eigenvalue weighted by Crippen LogP contribution is 2.19. The molecule has 0 saturated carbocycles. The maximum atomic E-state index is 5.65. The van der Waals surface area contributed by atoms with Crippen molar-refractivity contribution in [2.75, 3.05) is 33.4 Å². The molecule has 6 nitrogen and oxygen atoms in total. The Kier molecular flexibility index (Phi) is 8.74. The lowest BCUT2D eigenvalue weighted by molar-refractivity contribution is -0.0212. The summed E-state index contributed by atoms with van der Waals surface area (Å²) in [6.07, 6.45) is 0.308. The van der Waals surface area contributed by atoms with Gasteiger partial charge in [0.05, 0.1) is 26.4 Å². The highest BCUT2D eigenvalue weighted by atomic mass is 16.5. The standard InChI is InChI=1S/C25H36N4O2/c1-5-26-25(28-16-23-10-9-19(2)13-24(23)30-4)27-15-21-7-6-8-22(14-21)18-29-11-12-31-20(3)17-29/h6-10,13-14,20H,5,11-12,15-18H2,1-4H3,(H2,26,27,28). The average molecular weight is 425 g/mol. The van der Waals surface area contributed by atoms with Crippen LogP contribution >= 0.6 is 0 Å². The van der Waals surface area contributed by atoms with Crippen molar-refractivity contribution >= 4 is 5.96 Å². The zero-order valence-electron chi connectivity index (χ0n) is 19.3. The van der Waals surface area contributed by atoms with Crippen LogP contribution in [0.5, 0.6) is 5.75 Å². The molecule has 1 saturated heterocycles. The second kappa shape index (κ2) is 11.7. The summed E-state index contributed by atoms with van der Waals surface area (Å²) in [6, 6.07) is 15.0. The number of guanidine groups is 1. The number of morpholine rings is 1. The largest absolute Gasteiger partial charge is 0.496 e. The van der Waals surface area contributed by atoms with Crippen LogP contribution in [0, 0.1) is 6.92 Å². The second-order valence-corrected chi connectivity index (χ2v) is 8.10. The lowest BCUT2D eigenvalue weighted by atomic mass is 10.1. The summed E-state index contributed by atoms with van der Waals surface area (Å²) in [5.41, 5.74) is 4.83. The lowest BCUT2D eigenvalue weighted by Crippen LogP contribution is -2.40. The smallest absolute Gasteiger partial charge is 0.191 e. The minimum Gasteiger partial charge on any atom is -0.496 e. The maximum Gasteiger partial charge on any atom is 0.191 e. The number of aliphatic imine (C=N–C) groups is 1. The molecule has 2 aromatic carbocycles. The van der Waals surface area contributed by atoms with E-state index in [1.165, 1.54) is 16.7 Å². The average Bonchev–Trinajstić information content (AvgIpc) is 2.76. The van der Waals surface area contributed by atoms with E-state index in [1.54, 1.807) is 7.11 Å². The van der Waals surface area contributed by atoms with Gasteiger partial charge in [-0.1, -0.05) is 36.4 Å². The van der Waals surface area contributed by atoms with E-state index in [-0.39, 0.29) is 0 Å². The van der Waals surface area contributed by atoms with E-state index in [0.717, 1.165) is 50.1 Å². The van der Waals surface area contributed by atoms with Gasteiger partial charge in [0, 0.05) is 38.3 Å². The number of nitrogens with zero attached hydrogens (tertiary/aromatic N) is 2. The quantitative estimate of drug-likeness (QED) is 0.502. The molecular formula is C25H36N4O2. The highest BCUT2D eigenvalue weighted by molar-refractivity contribution is 5.79. The number of nitrogens with one attached hydrogen (secondary N) is 2. The van der Waals surface area contributed by atoms with Crippen molar-refractivity contribution in [3.8, 4) is 5.75 Å². The number of hydrogen-bond donors (Lipinski definition) is 2. The van der Waals surface area contributed by atoms with Crippen molar-refractivity contribution < 1.29 is 9.47 Å². The van der Waals surface area contributed by atoms with Gasteiger partial charge in [-0.05, 0) is 43.5 Å². The van der Waals surface area contributed by atoms with E-state index in [4.69, 9.17) is 14.5 Å². The first-order chi connectivity index (χ1) is 15.1. The lowest BCUT2D eigenvalue weighted by Gasteiger charge is -2.31. The SMILES string of the molecule is CCNC(=NCc1cccc(CN2CCOC(C)C2)c1)NCc1ccc(C)cc1OC. The Morgan fingerprint density at radius 3 is 2.81 bits per heavy atom. The summed E-state index contributed by atoms with van der Waals surface area (Å²) < 4.78 is 11.2. The van der Waals surface area contributed by atoms with E-state index in [1.807, 2.05) is 0 Å². The zero-order valence-corrected chi connectivity index (χ0v) is 19.3. The van der Waals surface area contributed by atoms with Gasteiger partial charge in [0.2, 0.25) is 0 Å². The predicted octanol–water partition coefficient (Wildman–Crippen LogP) is 3.48.